The molecule has 5 atom stereocenters. The van der Waals surface area contributed by atoms with Crippen molar-refractivity contribution in [2.45, 2.75) is 50.6 Å². The topological polar surface area (TPSA) is 30.7 Å². The van der Waals surface area contributed by atoms with E-state index in [1.807, 2.05) is 32.0 Å². The van der Waals surface area contributed by atoms with Crippen LogP contribution in [-0.2, 0) is 20.8 Å². The summed E-state index contributed by atoms with van der Waals surface area (Å²) >= 11 is 0. The summed E-state index contributed by atoms with van der Waals surface area (Å²) in [5.41, 5.74) is 1.20. The minimum Gasteiger partial charge on any atom is -0.369 e. The van der Waals surface area contributed by atoms with Crippen LogP contribution in [0.3, 0.4) is 0 Å². The van der Waals surface area contributed by atoms with Crippen LogP contribution in [0.4, 0.5) is 0 Å². The number of rotatable bonds is 3. The summed E-state index contributed by atoms with van der Waals surface area (Å²) in [6.07, 6.45) is 0.331. The fourth-order valence-corrected chi connectivity index (χ4v) is 3.38. The largest absolute Gasteiger partial charge is 0.369 e. The Balaban J connectivity index is 1.45. The fraction of sp³-hybridized carbons (Fsp3) is 0.625. The van der Waals surface area contributed by atoms with Crippen LogP contribution in [0.1, 0.15) is 19.4 Å². The molecule has 4 heteroatoms. The number of benzene rings is 1. The second-order valence-electron chi connectivity index (χ2n) is 6.42. The molecule has 3 fully saturated rings. The molecule has 4 nitrogen and oxygen atoms in total. The Kier molecular flexibility index (Phi) is 2.89. The van der Waals surface area contributed by atoms with Gasteiger partial charge >= 0.3 is 0 Å². The zero-order valence-electron chi connectivity index (χ0n) is 12.0. The fourth-order valence-electron chi connectivity index (χ4n) is 3.38. The molecule has 1 unspecified atom stereocenters. The molecular weight excluding hydrogens is 254 g/mol. The first kappa shape index (κ1) is 12.8. The summed E-state index contributed by atoms with van der Waals surface area (Å²) in [6.45, 7) is 6.69. The molecule has 3 aliphatic heterocycles. The second kappa shape index (κ2) is 4.53. The third-order valence-corrected chi connectivity index (χ3v) is 4.39. The van der Waals surface area contributed by atoms with Gasteiger partial charge in [-0.25, -0.2) is 0 Å². The molecule has 0 spiro atoms. The summed E-state index contributed by atoms with van der Waals surface area (Å²) in [7, 11) is 0. The normalized spacial score (nSPS) is 41.0. The Morgan fingerprint density at radius 1 is 1.15 bits per heavy atom. The Bertz CT molecular complexity index is 490. The molecule has 1 aromatic carbocycles. The molecule has 20 heavy (non-hydrogen) atoms. The van der Waals surface area contributed by atoms with Crippen LogP contribution < -0.4 is 0 Å². The zero-order chi connectivity index (χ0) is 13.7. The lowest BCUT2D eigenvalue weighted by Gasteiger charge is -2.31. The third kappa shape index (κ3) is 2.27. The van der Waals surface area contributed by atoms with E-state index in [9.17, 15) is 0 Å². The molecule has 0 N–H and O–H groups in total. The van der Waals surface area contributed by atoms with E-state index < -0.39 is 5.79 Å². The van der Waals surface area contributed by atoms with E-state index in [0.717, 1.165) is 13.1 Å². The highest BCUT2D eigenvalue weighted by atomic mass is 16.8. The van der Waals surface area contributed by atoms with Gasteiger partial charge in [-0.2, -0.15) is 0 Å². The monoisotopic (exact) mass is 275 g/mol. The minimum absolute atomic E-state index is 0.0671. The Hall–Kier alpha value is -0.940. The molecule has 0 amide bonds. The van der Waals surface area contributed by atoms with Gasteiger partial charge in [0.15, 0.2) is 5.79 Å². The van der Waals surface area contributed by atoms with Gasteiger partial charge in [0.25, 0.3) is 0 Å². The number of nitrogens with zero attached hydrogens (tertiary/aromatic N) is 1. The van der Waals surface area contributed by atoms with Gasteiger partial charge in [-0.05, 0) is 19.4 Å². The maximum atomic E-state index is 6.13. The summed E-state index contributed by atoms with van der Waals surface area (Å²) in [6, 6.07) is 10.8. The predicted molar refractivity (Wildman–Crippen MR) is 74.2 cm³/mol. The maximum Gasteiger partial charge on any atom is 0.163 e. The quantitative estimate of drug-likeness (QED) is 0.787. The number of piperidine rings is 1. The lowest BCUT2D eigenvalue weighted by atomic mass is 10.0. The average molecular weight is 275 g/mol. The predicted octanol–water partition coefficient (Wildman–Crippen LogP) is 1.79. The van der Waals surface area contributed by atoms with E-state index >= 15 is 0 Å². The van der Waals surface area contributed by atoms with Crippen molar-refractivity contribution in [3.05, 3.63) is 35.9 Å². The number of hydrogen-bond donors (Lipinski definition) is 0. The molecule has 0 radical (unpaired) electrons. The Labute approximate surface area is 119 Å². The van der Waals surface area contributed by atoms with Crippen molar-refractivity contribution in [1.82, 2.24) is 4.90 Å². The molecule has 4 rings (SSSR count). The van der Waals surface area contributed by atoms with Crippen LogP contribution in [0.2, 0.25) is 0 Å². The van der Waals surface area contributed by atoms with Gasteiger partial charge in [0, 0.05) is 13.1 Å². The average Bonchev–Trinajstić information content (AvgIpc) is 3.12. The van der Waals surface area contributed by atoms with Crippen molar-refractivity contribution >= 4 is 0 Å². The van der Waals surface area contributed by atoms with Crippen LogP contribution in [0.15, 0.2) is 30.3 Å². The molecule has 3 aliphatic rings. The molecule has 1 aromatic rings. The molecule has 0 aliphatic carbocycles. The van der Waals surface area contributed by atoms with Gasteiger partial charge in [-0.3, -0.25) is 4.90 Å². The van der Waals surface area contributed by atoms with Crippen LogP contribution >= 0.6 is 0 Å². The van der Waals surface area contributed by atoms with E-state index in [2.05, 4.69) is 17.0 Å². The molecule has 0 aromatic heterocycles. The highest BCUT2D eigenvalue weighted by Gasteiger charge is 2.59. The summed E-state index contributed by atoms with van der Waals surface area (Å²) in [5.74, 6) is -0.484. The molecule has 0 saturated carbocycles. The highest BCUT2D eigenvalue weighted by Crippen LogP contribution is 2.42. The maximum absolute atomic E-state index is 6.13. The van der Waals surface area contributed by atoms with Crippen molar-refractivity contribution in [1.29, 1.82) is 0 Å². The molecule has 108 valence electrons. The van der Waals surface area contributed by atoms with Crippen molar-refractivity contribution in [2.24, 2.45) is 0 Å². The van der Waals surface area contributed by atoms with Crippen LogP contribution in [0.25, 0.3) is 0 Å². The molecule has 0 bridgehead atoms. The van der Waals surface area contributed by atoms with E-state index in [0.29, 0.717) is 12.6 Å². The Morgan fingerprint density at radius 2 is 1.90 bits per heavy atom. The number of fused-ring (bicyclic) bond motifs is 3. The summed E-state index contributed by atoms with van der Waals surface area (Å²) < 4.78 is 18.2. The van der Waals surface area contributed by atoms with Crippen LogP contribution in [0, 0.1) is 0 Å². The highest BCUT2D eigenvalue weighted by molar-refractivity contribution is 5.14. The van der Waals surface area contributed by atoms with Crippen LogP contribution in [0.5, 0.6) is 0 Å². The van der Waals surface area contributed by atoms with Crippen molar-refractivity contribution in [3.63, 3.8) is 0 Å². The molecule has 3 heterocycles. The first-order chi connectivity index (χ1) is 9.62. The number of ether oxygens (including phenoxy) is 3. The third-order valence-electron chi connectivity index (χ3n) is 4.39. The van der Waals surface area contributed by atoms with Crippen molar-refractivity contribution in [2.75, 3.05) is 13.1 Å². The van der Waals surface area contributed by atoms with E-state index in [4.69, 9.17) is 14.2 Å². The molecular formula is C16H21NO3. The first-order valence-electron chi connectivity index (χ1n) is 7.38. The Morgan fingerprint density at radius 3 is 2.70 bits per heavy atom. The summed E-state index contributed by atoms with van der Waals surface area (Å²) in [4.78, 5) is 2.42. The lowest BCUT2D eigenvalue weighted by Crippen LogP contribution is -2.48. The van der Waals surface area contributed by atoms with E-state index in [1.165, 1.54) is 5.56 Å². The summed E-state index contributed by atoms with van der Waals surface area (Å²) in [5, 5.41) is 0. The van der Waals surface area contributed by atoms with Gasteiger partial charge in [0.05, 0.1) is 18.8 Å². The minimum atomic E-state index is -0.484. The second-order valence-corrected chi connectivity index (χ2v) is 6.42. The first-order valence-corrected chi connectivity index (χ1v) is 7.38. The van der Waals surface area contributed by atoms with E-state index in [-0.39, 0.29) is 18.3 Å². The van der Waals surface area contributed by atoms with E-state index in [1.54, 1.807) is 0 Å². The van der Waals surface area contributed by atoms with Gasteiger partial charge in [0.2, 0.25) is 0 Å². The smallest absolute Gasteiger partial charge is 0.163 e. The lowest BCUT2D eigenvalue weighted by molar-refractivity contribution is -0.158. The van der Waals surface area contributed by atoms with Gasteiger partial charge < -0.3 is 14.2 Å². The van der Waals surface area contributed by atoms with Crippen LogP contribution in [-0.4, -0.2) is 48.1 Å². The van der Waals surface area contributed by atoms with Gasteiger partial charge in [-0.15, -0.1) is 0 Å². The zero-order valence-corrected chi connectivity index (χ0v) is 12.0. The van der Waals surface area contributed by atoms with Gasteiger partial charge in [0.1, 0.15) is 12.2 Å². The molecule has 3 saturated heterocycles. The standard InChI is InChI=1S/C16H21NO3/c1-16(2)19-14-12-8-17(12)9-13(15(14)20-16)18-10-11-6-4-3-5-7-11/h3-7,12-15H,8-10H2,1-2H3/t12-,13+,14-,15-,17?/m1/s1. The van der Waals surface area contributed by atoms with Crippen molar-refractivity contribution in [3.8, 4) is 0 Å². The number of hydrogen-bond acceptors (Lipinski definition) is 4. The van der Waals surface area contributed by atoms with Gasteiger partial charge in [-0.1, -0.05) is 30.3 Å². The van der Waals surface area contributed by atoms with Crippen molar-refractivity contribution < 1.29 is 14.2 Å². The SMILES string of the molecule is CC1(C)O[C@H]2[C@H](O1)[C@H]1CN1C[C@@H]2OCc1ccccc1.